The van der Waals surface area contributed by atoms with Gasteiger partial charge in [-0.15, -0.1) is 0 Å². The number of hydrogen-bond donors (Lipinski definition) is 2. The fourth-order valence-corrected chi connectivity index (χ4v) is 5.73. The van der Waals surface area contributed by atoms with Gasteiger partial charge in [0.2, 0.25) is 0 Å². The van der Waals surface area contributed by atoms with E-state index in [2.05, 4.69) is 32.8 Å². The van der Waals surface area contributed by atoms with E-state index in [1.165, 1.54) is 5.56 Å². The van der Waals surface area contributed by atoms with Crippen molar-refractivity contribution in [1.29, 1.82) is 0 Å². The summed E-state index contributed by atoms with van der Waals surface area (Å²) in [6.07, 6.45) is 2.34. The van der Waals surface area contributed by atoms with E-state index in [4.69, 9.17) is 9.57 Å². The molecule has 4 aromatic rings. The number of amides is 2. The number of anilines is 2. The molecule has 1 spiro atoms. The molecule has 2 aliphatic rings. The Kier molecular flexibility index (Phi) is 8.32. The van der Waals surface area contributed by atoms with Crippen LogP contribution >= 0.6 is 0 Å². The number of carbonyl (C=O) groups is 2. The van der Waals surface area contributed by atoms with Gasteiger partial charge in [-0.1, -0.05) is 71.4 Å². The van der Waals surface area contributed by atoms with Crippen molar-refractivity contribution >= 4 is 28.9 Å². The van der Waals surface area contributed by atoms with Crippen LogP contribution in [0.1, 0.15) is 56.7 Å². The first-order valence-electron chi connectivity index (χ1n) is 14.9. The number of aryl methyl sites for hydroxylation is 1. The van der Waals surface area contributed by atoms with Crippen LogP contribution in [0.4, 0.5) is 11.4 Å². The molecule has 0 bridgehead atoms. The quantitative estimate of drug-likeness (QED) is 0.250. The molecule has 2 aliphatic heterocycles. The second-order valence-corrected chi connectivity index (χ2v) is 11.4. The Labute approximate surface area is 257 Å². The molecule has 0 saturated carbocycles. The van der Waals surface area contributed by atoms with Crippen molar-refractivity contribution in [3.8, 4) is 5.75 Å². The summed E-state index contributed by atoms with van der Waals surface area (Å²) in [5.74, 6) is 0.101. The number of piperidine rings is 1. The van der Waals surface area contributed by atoms with Gasteiger partial charge in [0.05, 0.1) is 24.2 Å². The molecule has 8 nitrogen and oxygen atoms in total. The average Bonchev–Trinajstić information content (AvgIpc) is 3.48. The highest BCUT2D eigenvalue weighted by Crippen LogP contribution is 2.39. The minimum atomic E-state index is -0.332. The third-order valence-electron chi connectivity index (χ3n) is 8.37. The fourth-order valence-electron chi connectivity index (χ4n) is 5.73. The summed E-state index contributed by atoms with van der Waals surface area (Å²) in [5, 5.41) is 10.5. The van der Waals surface area contributed by atoms with Gasteiger partial charge >= 0.3 is 0 Å². The van der Waals surface area contributed by atoms with Crippen LogP contribution in [0.15, 0.2) is 102 Å². The molecule has 8 heteroatoms. The number of rotatable bonds is 8. The SMILES string of the molecule is COc1cccc(C(=O)Nc2cc(C(=O)NCc3ccc(C)cc3)ccc2N2CCC3(CC2)CC(c2ccccc2)=NO3)c1. The molecule has 4 aromatic carbocycles. The van der Waals surface area contributed by atoms with Crippen LogP contribution in [-0.4, -0.2) is 43.3 Å². The van der Waals surface area contributed by atoms with Gasteiger partial charge < -0.3 is 25.1 Å². The van der Waals surface area contributed by atoms with Crippen LogP contribution in [-0.2, 0) is 11.4 Å². The van der Waals surface area contributed by atoms with E-state index in [1.54, 1.807) is 37.4 Å². The maximum atomic E-state index is 13.4. The fraction of sp³-hybridized carbons (Fsp3) is 0.250. The average molecular weight is 589 g/mol. The first-order chi connectivity index (χ1) is 21.4. The summed E-state index contributed by atoms with van der Waals surface area (Å²) in [7, 11) is 1.57. The van der Waals surface area contributed by atoms with Gasteiger partial charge in [-0.2, -0.15) is 0 Å². The van der Waals surface area contributed by atoms with Crippen LogP contribution in [0.25, 0.3) is 0 Å². The zero-order valence-corrected chi connectivity index (χ0v) is 25.0. The lowest BCUT2D eigenvalue weighted by atomic mass is 9.85. The summed E-state index contributed by atoms with van der Waals surface area (Å²) < 4.78 is 5.31. The van der Waals surface area contributed by atoms with Crippen LogP contribution in [0.5, 0.6) is 5.75 Å². The van der Waals surface area contributed by atoms with E-state index < -0.39 is 0 Å². The molecule has 0 aromatic heterocycles. The number of benzene rings is 4. The zero-order chi connectivity index (χ0) is 30.5. The largest absolute Gasteiger partial charge is 0.497 e. The van der Waals surface area contributed by atoms with Crippen LogP contribution in [0.3, 0.4) is 0 Å². The lowest BCUT2D eigenvalue weighted by Gasteiger charge is -2.39. The Morgan fingerprint density at radius 3 is 2.39 bits per heavy atom. The first kappa shape index (κ1) is 29.0. The monoisotopic (exact) mass is 588 g/mol. The number of nitrogens with one attached hydrogen (secondary N) is 2. The van der Waals surface area contributed by atoms with Crippen molar-refractivity contribution in [2.75, 3.05) is 30.4 Å². The summed E-state index contributed by atoms with van der Waals surface area (Å²) in [6.45, 7) is 3.88. The van der Waals surface area contributed by atoms with Gasteiger partial charge in [-0.25, -0.2) is 0 Å². The number of carbonyl (C=O) groups excluding carboxylic acids is 2. The van der Waals surface area contributed by atoms with Crippen molar-refractivity contribution < 1.29 is 19.2 Å². The van der Waals surface area contributed by atoms with E-state index >= 15 is 0 Å². The van der Waals surface area contributed by atoms with Crippen molar-refractivity contribution in [2.45, 2.75) is 38.3 Å². The number of hydrogen-bond acceptors (Lipinski definition) is 6. The minimum Gasteiger partial charge on any atom is -0.497 e. The molecule has 0 radical (unpaired) electrons. The van der Waals surface area contributed by atoms with E-state index in [0.717, 1.165) is 54.9 Å². The highest BCUT2D eigenvalue weighted by atomic mass is 16.7. The molecule has 44 heavy (non-hydrogen) atoms. The Morgan fingerprint density at radius 2 is 1.64 bits per heavy atom. The highest BCUT2D eigenvalue weighted by molar-refractivity contribution is 6.07. The zero-order valence-electron chi connectivity index (χ0n) is 25.0. The van der Waals surface area contributed by atoms with Gasteiger partial charge in [0.15, 0.2) is 0 Å². The maximum absolute atomic E-state index is 13.4. The van der Waals surface area contributed by atoms with Gasteiger partial charge in [-0.3, -0.25) is 9.59 Å². The lowest BCUT2D eigenvalue weighted by molar-refractivity contribution is -0.0359. The minimum absolute atomic E-state index is 0.212. The smallest absolute Gasteiger partial charge is 0.255 e. The van der Waals surface area contributed by atoms with Gasteiger partial charge in [0.1, 0.15) is 11.4 Å². The molecular formula is C36H36N4O4. The molecule has 2 N–H and O–H groups in total. The van der Waals surface area contributed by atoms with Crippen molar-refractivity contribution in [1.82, 2.24) is 5.32 Å². The molecule has 1 fully saturated rings. The highest BCUT2D eigenvalue weighted by Gasteiger charge is 2.42. The normalized spacial score (nSPS) is 15.3. The topological polar surface area (TPSA) is 92.3 Å². The van der Waals surface area contributed by atoms with Crippen LogP contribution < -0.4 is 20.3 Å². The molecule has 224 valence electrons. The first-order valence-corrected chi connectivity index (χ1v) is 14.9. The molecule has 0 aliphatic carbocycles. The maximum Gasteiger partial charge on any atom is 0.255 e. The third-order valence-corrected chi connectivity index (χ3v) is 8.37. The van der Waals surface area contributed by atoms with Gasteiger partial charge in [0.25, 0.3) is 11.8 Å². The molecule has 1 saturated heterocycles. The Bertz CT molecular complexity index is 1680. The molecule has 0 unspecified atom stereocenters. The second kappa shape index (κ2) is 12.6. The summed E-state index contributed by atoms with van der Waals surface area (Å²) >= 11 is 0. The Hall–Kier alpha value is -5.11. The number of nitrogens with zero attached hydrogens (tertiary/aromatic N) is 2. The van der Waals surface area contributed by atoms with Crippen molar-refractivity contribution in [2.24, 2.45) is 5.16 Å². The summed E-state index contributed by atoms with van der Waals surface area (Å²) in [4.78, 5) is 34.9. The Morgan fingerprint density at radius 1 is 0.886 bits per heavy atom. The van der Waals surface area contributed by atoms with Crippen LogP contribution in [0, 0.1) is 6.92 Å². The predicted molar refractivity (Wildman–Crippen MR) is 173 cm³/mol. The van der Waals surface area contributed by atoms with Crippen molar-refractivity contribution in [3.05, 3.63) is 125 Å². The summed E-state index contributed by atoms with van der Waals surface area (Å²) in [6, 6.07) is 30.7. The second-order valence-electron chi connectivity index (χ2n) is 11.4. The third kappa shape index (κ3) is 6.44. The van der Waals surface area contributed by atoms with E-state index in [-0.39, 0.29) is 17.4 Å². The van der Waals surface area contributed by atoms with Crippen LogP contribution in [0.2, 0.25) is 0 Å². The molecule has 2 heterocycles. The van der Waals surface area contributed by atoms with Gasteiger partial charge in [-0.05, 0) is 54.4 Å². The summed E-state index contributed by atoms with van der Waals surface area (Å²) in [5.41, 5.74) is 6.28. The predicted octanol–water partition coefficient (Wildman–Crippen LogP) is 6.35. The van der Waals surface area contributed by atoms with Crippen molar-refractivity contribution in [3.63, 3.8) is 0 Å². The number of oxime groups is 1. The molecule has 2 amide bonds. The van der Waals surface area contributed by atoms with Gasteiger partial charge in [0, 0.05) is 50.0 Å². The standard InChI is InChI=1S/C36H36N4O4/c1-25-11-13-26(14-12-25)24-37-34(41)29-15-16-33(31(22-29)38-35(42)28-9-6-10-30(21-28)43-2)40-19-17-36(18-20-40)23-32(39-44-36)27-7-4-3-5-8-27/h3-16,21-22H,17-20,23-24H2,1-2H3,(H,37,41)(H,38,42). The number of methoxy groups -OCH3 is 1. The molecule has 6 rings (SSSR count). The van der Waals surface area contributed by atoms with E-state index in [9.17, 15) is 9.59 Å². The number of ether oxygens (including phenoxy) is 1. The Balaban J connectivity index is 1.20. The lowest BCUT2D eigenvalue weighted by Crippen LogP contribution is -2.45. The molecule has 0 atom stereocenters. The van der Waals surface area contributed by atoms with E-state index in [0.29, 0.717) is 29.1 Å². The van der Waals surface area contributed by atoms with E-state index in [1.807, 2.05) is 61.5 Å². The molecular weight excluding hydrogens is 552 g/mol.